The molecule has 0 heterocycles. The van der Waals surface area contributed by atoms with Crippen LogP contribution >= 0.6 is 0 Å². The molecule has 2 amide bonds. The van der Waals surface area contributed by atoms with Crippen LogP contribution in [0.4, 0.5) is 4.79 Å². The predicted molar refractivity (Wildman–Crippen MR) is 129 cm³/mol. The minimum Gasteiger partial charge on any atom is -0.480 e. The van der Waals surface area contributed by atoms with Crippen molar-refractivity contribution >= 4 is 18.0 Å². The van der Waals surface area contributed by atoms with Crippen molar-refractivity contribution in [2.75, 3.05) is 6.61 Å². The molecule has 1 aliphatic carbocycles. The number of allylic oxidation sites excluding steroid dienone is 1. The molecular weight excluding hydrogens is 432 g/mol. The molecule has 3 N–H and O–H groups in total. The number of fused-ring (bicyclic) bond motifs is 3. The minimum absolute atomic E-state index is 0.103. The zero-order valence-corrected chi connectivity index (χ0v) is 19.2. The third kappa shape index (κ3) is 5.84. The van der Waals surface area contributed by atoms with Crippen molar-refractivity contribution in [3.05, 3.63) is 71.3 Å². The Bertz CT molecular complexity index is 1100. The minimum atomic E-state index is -1.24. The Morgan fingerprint density at radius 3 is 2.15 bits per heavy atom. The van der Waals surface area contributed by atoms with E-state index in [4.69, 9.17) is 11.2 Å². The number of terminal acetylenes is 1. The third-order valence-electron chi connectivity index (χ3n) is 5.65. The number of rotatable bonds is 9. The number of nitrogens with one attached hydrogen (secondary N) is 2. The van der Waals surface area contributed by atoms with Gasteiger partial charge in [0.15, 0.2) is 0 Å². The summed E-state index contributed by atoms with van der Waals surface area (Å²) in [6.45, 7) is 3.83. The highest BCUT2D eigenvalue weighted by Crippen LogP contribution is 2.44. The number of hydrogen-bond acceptors (Lipinski definition) is 4. The van der Waals surface area contributed by atoms with E-state index in [0.717, 1.165) is 27.8 Å². The summed E-state index contributed by atoms with van der Waals surface area (Å²) < 4.78 is 5.53. The lowest BCUT2D eigenvalue weighted by atomic mass is 9.98. The van der Waals surface area contributed by atoms with Gasteiger partial charge in [-0.3, -0.25) is 4.79 Å². The maximum absolute atomic E-state index is 12.7. The molecule has 2 atom stereocenters. The largest absolute Gasteiger partial charge is 0.480 e. The highest BCUT2D eigenvalue weighted by molar-refractivity contribution is 5.89. The number of carboxylic acids is 1. The number of carboxylic acid groups (broad SMARTS) is 1. The number of amides is 2. The second-order valence-corrected chi connectivity index (χ2v) is 8.35. The van der Waals surface area contributed by atoms with E-state index in [0.29, 0.717) is 0 Å². The lowest BCUT2D eigenvalue weighted by molar-refractivity contribution is -0.141. The summed E-state index contributed by atoms with van der Waals surface area (Å²) in [4.78, 5) is 36.7. The Morgan fingerprint density at radius 1 is 1.03 bits per heavy atom. The third-order valence-corrected chi connectivity index (χ3v) is 5.65. The zero-order valence-electron chi connectivity index (χ0n) is 19.2. The predicted octanol–water partition coefficient (Wildman–Crippen LogP) is 3.84. The van der Waals surface area contributed by atoms with Crippen molar-refractivity contribution in [1.29, 1.82) is 0 Å². The summed E-state index contributed by atoms with van der Waals surface area (Å²) in [5.41, 5.74) is 5.33. The number of carbonyl (C=O) groups excluding carboxylic acids is 2. The van der Waals surface area contributed by atoms with Gasteiger partial charge < -0.3 is 20.5 Å². The summed E-state index contributed by atoms with van der Waals surface area (Å²) in [7, 11) is 0. The molecule has 176 valence electrons. The van der Waals surface area contributed by atoms with Crippen LogP contribution in [0.2, 0.25) is 0 Å². The van der Waals surface area contributed by atoms with Crippen LogP contribution in [0, 0.1) is 12.3 Å². The van der Waals surface area contributed by atoms with Gasteiger partial charge in [-0.2, -0.15) is 0 Å². The smallest absolute Gasteiger partial charge is 0.407 e. The van der Waals surface area contributed by atoms with Crippen LogP contribution in [0.25, 0.3) is 11.1 Å². The van der Waals surface area contributed by atoms with E-state index in [-0.39, 0.29) is 25.4 Å². The van der Waals surface area contributed by atoms with Gasteiger partial charge in [0.25, 0.3) is 0 Å². The molecule has 7 nitrogen and oxygen atoms in total. The highest BCUT2D eigenvalue weighted by Gasteiger charge is 2.30. The Kier molecular flexibility index (Phi) is 8.10. The number of carbonyl (C=O) groups is 3. The van der Waals surface area contributed by atoms with E-state index in [1.807, 2.05) is 62.4 Å². The molecule has 0 bridgehead atoms. The van der Waals surface area contributed by atoms with Gasteiger partial charge in [0, 0.05) is 12.3 Å². The average Bonchev–Trinajstić information content (AvgIpc) is 3.13. The van der Waals surface area contributed by atoms with Crippen molar-refractivity contribution in [1.82, 2.24) is 10.6 Å². The number of ether oxygens (including phenoxy) is 1. The van der Waals surface area contributed by atoms with Gasteiger partial charge >= 0.3 is 12.1 Å². The molecule has 2 unspecified atom stereocenters. The second kappa shape index (κ2) is 11.2. The number of hydrogen-bond donors (Lipinski definition) is 3. The molecule has 1 aliphatic rings. The fourth-order valence-corrected chi connectivity index (χ4v) is 3.96. The lowest BCUT2D eigenvalue weighted by Gasteiger charge is -2.21. The topological polar surface area (TPSA) is 105 Å². The molecule has 0 saturated heterocycles. The van der Waals surface area contributed by atoms with Crippen molar-refractivity contribution in [3.63, 3.8) is 0 Å². The number of alkyl carbamates (subject to hydrolysis) is 1. The first-order chi connectivity index (χ1) is 16.3. The quantitative estimate of drug-likeness (QED) is 0.390. The molecule has 7 heteroatoms. The molecule has 0 saturated carbocycles. The van der Waals surface area contributed by atoms with E-state index in [2.05, 4.69) is 16.6 Å². The van der Waals surface area contributed by atoms with Crippen LogP contribution in [0.15, 0.2) is 60.2 Å². The Morgan fingerprint density at radius 2 is 1.62 bits per heavy atom. The standard InChI is InChI=1S/C27H28N2O5/c1-4-9-24(26(31)32)28-25(30)23(15-14-17(2)3)29-27(33)34-16-22-20-12-7-5-10-18(20)19-11-6-8-13-21(19)22/h1,5-8,10-14,22-24H,9,15-16H2,2-3H3,(H,28,30)(H,29,33)(H,31,32). The van der Waals surface area contributed by atoms with Crippen LogP contribution in [0.5, 0.6) is 0 Å². The fourth-order valence-electron chi connectivity index (χ4n) is 3.96. The second-order valence-electron chi connectivity index (χ2n) is 8.35. The van der Waals surface area contributed by atoms with Crippen molar-refractivity contribution < 1.29 is 24.2 Å². The Balaban J connectivity index is 1.69. The van der Waals surface area contributed by atoms with Crippen LogP contribution in [-0.2, 0) is 14.3 Å². The van der Waals surface area contributed by atoms with Crippen LogP contribution in [-0.4, -0.2) is 41.8 Å². The first-order valence-electron chi connectivity index (χ1n) is 11.0. The molecule has 0 aliphatic heterocycles. The van der Waals surface area contributed by atoms with Crippen LogP contribution in [0.1, 0.15) is 43.7 Å². The van der Waals surface area contributed by atoms with Gasteiger partial charge in [-0.05, 0) is 42.5 Å². The summed E-state index contributed by atoms with van der Waals surface area (Å²) >= 11 is 0. The van der Waals surface area contributed by atoms with Gasteiger partial charge in [0.2, 0.25) is 5.91 Å². The van der Waals surface area contributed by atoms with Crippen molar-refractivity contribution in [2.45, 2.75) is 44.7 Å². The first-order valence-corrected chi connectivity index (χ1v) is 11.0. The SMILES string of the molecule is C#CCC(NC(=O)C(CC=C(C)C)NC(=O)OCC1c2ccccc2-c2ccccc21)C(=O)O. The van der Waals surface area contributed by atoms with Gasteiger partial charge in [-0.25, -0.2) is 9.59 Å². The molecule has 0 radical (unpaired) electrons. The number of aliphatic carboxylic acids is 1. The van der Waals surface area contributed by atoms with Crippen molar-refractivity contribution in [3.8, 4) is 23.5 Å². The van der Waals surface area contributed by atoms with Gasteiger partial charge in [0.05, 0.1) is 0 Å². The summed E-state index contributed by atoms with van der Waals surface area (Å²) in [5, 5.41) is 14.2. The first kappa shape index (κ1) is 24.6. The maximum atomic E-state index is 12.7. The maximum Gasteiger partial charge on any atom is 0.407 e. The normalized spacial score (nSPS) is 13.4. The van der Waals surface area contributed by atoms with Crippen LogP contribution in [0.3, 0.4) is 0 Å². The molecule has 0 aromatic heterocycles. The molecule has 0 spiro atoms. The van der Waals surface area contributed by atoms with Crippen molar-refractivity contribution in [2.24, 2.45) is 0 Å². The van der Waals surface area contributed by atoms with E-state index >= 15 is 0 Å². The Labute approximate surface area is 199 Å². The highest BCUT2D eigenvalue weighted by atomic mass is 16.5. The molecule has 0 fully saturated rings. The van der Waals surface area contributed by atoms with Gasteiger partial charge in [-0.15, -0.1) is 12.3 Å². The Hall–Kier alpha value is -4.05. The molecule has 34 heavy (non-hydrogen) atoms. The van der Waals surface area contributed by atoms with Gasteiger partial charge in [-0.1, -0.05) is 60.2 Å². The van der Waals surface area contributed by atoms with E-state index in [1.54, 1.807) is 6.08 Å². The van der Waals surface area contributed by atoms with Crippen LogP contribution < -0.4 is 10.6 Å². The lowest BCUT2D eigenvalue weighted by Crippen LogP contribution is -2.51. The summed E-state index contributed by atoms with van der Waals surface area (Å²) in [5.74, 6) is 0.230. The fraction of sp³-hybridized carbons (Fsp3) is 0.296. The monoisotopic (exact) mass is 460 g/mol. The van der Waals surface area contributed by atoms with Gasteiger partial charge in [0.1, 0.15) is 18.7 Å². The van der Waals surface area contributed by atoms with E-state index in [1.165, 1.54) is 0 Å². The average molecular weight is 461 g/mol. The molecule has 2 aromatic rings. The van der Waals surface area contributed by atoms with E-state index in [9.17, 15) is 19.5 Å². The number of benzene rings is 2. The summed E-state index contributed by atoms with van der Waals surface area (Å²) in [6.07, 6.45) is 6.24. The molecule has 2 aromatic carbocycles. The molecular formula is C27H28N2O5. The zero-order chi connectivity index (χ0) is 24.7. The van der Waals surface area contributed by atoms with E-state index < -0.39 is 30.1 Å². The summed E-state index contributed by atoms with van der Waals surface area (Å²) in [6, 6.07) is 13.7. The molecule has 3 rings (SSSR count).